The van der Waals surface area contributed by atoms with Gasteiger partial charge in [0.2, 0.25) is 0 Å². The number of benzene rings is 1. The van der Waals surface area contributed by atoms with Gasteiger partial charge in [-0.1, -0.05) is 24.3 Å². The van der Waals surface area contributed by atoms with Gasteiger partial charge in [0.05, 0.1) is 8.66 Å². The minimum atomic E-state index is -0.0255. The summed E-state index contributed by atoms with van der Waals surface area (Å²) in [7, 11) is 0. The summed E-state index contributed by atoms with van der Waals surface area (Å²) in [6.45, 7) is 4.12. The predicted molar refractivity (Wildman–Crippen MR) is 91.5 cm³/mol. The zero-order valence-corrected chi connectivity index (χ0v) is 15.2. The van der Waals surface area contributed by atoms with Gasteiger partial charge >= 0.3 is 0 Å². The lowest BCUT2D eigenvalue weighted by Crippen LogP contribution is -2.33. The van der Waals surface area contributed by atoms with Crippen molar-refractivity contribution in [2.75, 3.05) is 0 Å². The summed E-state index contributed by atoms with van der Waals surface area (Å²) in [6, 6.07) is 10.2. The Morgan fingerprint density at radius 2 is 2.05 bits per heavy atom. The minimum Gasteiger partial charge on any atom is -0.349 e. The second kappa shape index (κ2) is 6.87. The lowest BCUT2D eigenvalue weighted by Gasteiger charge is -2.14. The number of hydrogen-bond donors (Lipinski definition) is 1. The largest absolute Gasteiger partial charge is 0.349 e. The standard InChI is InChI=1S/C15H15Br2NOS/c1-9-5-3-4-6-11(9)7-10(2)18-15(19)13-8-12(16)14(17)20-13/h3-6,8,10H,7H2,1-2H3,(H,18,19). The molecule has 0 bridgehead atoms. The van der Waals surface area contributed by atoms with Gasteiger partial charge in [-0.3, -0.25) is 4.79 Å². The third-order valence-electron chi connectivity index (χ3n) is 3.03. The predicted octanol–water partition coefficient (Wildman–Crippen LogP) is 4.94. The van der Waals surface area contributed by atoms with Gasteiger partial charge in [0.15, 0.2) is 0 Å². The lowest BCUT2D eigenvalue weighted by molar-refractivity contribution is 0.0944. The molecule has 1 aromatic heterocycles. The summed E-state index contributed by atoms with van der Waals surface area (Å²) in [4.78, 5) is 12.9. The van der Waals surface area contributed by atoms with Gasteiger partial charge in [0.1, 0.15) is 0 Å². The number of carbonyl (C=O) groups is 1. The molecular weight excluding hydrogens is 402 g/mol. The Kier molecular flexibility index (Phi) is 5.41. The number of hydrogen-bond acceptors (Lipinski definition) is 2. The summed E-state index contributed by atoms with van der Waals surface area (Å²) < 4.78 is 1.86. The van der Waals surface area contributed by atoms with Gasteiger partial charge in [-0.15, -0.1) is 11.3 Å². The molecule has 0 fully saturated rings. The molecule has 0 aliphatic heterocycles. The topological polar surface area (TPSA) is 29.1 Å². The molecule has 0 spiro atoms. The molecule has 1 amide bonds. The molecule has 0 aliphatic carbocycles. The first-order valence-corrected chi connectivity index (χ1v) is 8.68. The van der Waals surface area contributed by atoms with E-state index in [0.717, 1.165) is 14.7 Å². The van der Waals surface area contributed by atoms with Crippen molar-refractivity contribution in [3.63, 3.8) is 0 Å². The van der Waals surface area contributed by atoms with Crippen LogP contribution in [-0.4, -0.2) is 11.9 Å². The Labute approximate surface area is 139 Å². The molecule has 106 valence electrons. The van der Waals surface area contributed by atoms with E-state index in [1.54, 1.807) is 0 Å². The molecule has 1 N–H and O–H groups in total. The van der Waals surface area contributed by atoms with E-state index in [1.165, 1.54) is 22.5 Å². The number of aryl methyl sites for hydroxylation is 1. The van der Waals surface area contributed by atoms with Crippen molar-refractivity contribution in [2.24, 2.45) is 0 Å². The Morgan fingerprint density at radius 1 is 1.35 bits per heavy atom. The summed E-state index contributed by atoms with van der Waals surface area (Å²) >= 11 is 8.23. The van der Waals surface area contributed by atoms with Crippen molar-refractivity contribution in [3.8, 4) is 0 Å². The molecule has 2 rings (SSSR count). The summed E-state index contributed by atoms with van der Waals surface area (Å²) in [6.07, 6.45) is 0.839. The summed E-state index contributed by atoms with van der Waals surface area (Å²) in [5, 5.41) is 3.04. The van der Waals surface area contributed by atoms with Crippen LogP contribution in [0.3, 0.4) is 0 Å². The molecule has 2 aromatic rings. The van der Waals surface area contributed by atoms with Gasteiger partial charge in [0.25, 0.3) is 5.91 Å². The fraction of sp³-hybridized carbons (Fsp3) is 0.267. The molecule has 1 aromatic carbocycles. The number of thiophene rings is 1. The first-order chi connectivity index (χ1) is 9.47. The Morgan fingerprint density at radius 3 is 2.65 bits per heavy atom. The number of halogens is 2. The first-order valence-electron chi connectivity index (χ1n) is 6.27. The molecule has 1 heterocycles. The average molecular weight is 417 g/mol. The zero-order chi connectivity index (χ0) is 14.7. The van der Waals surface area contributed by atoms with Crippen molar-refractivity contribution >= 4 is 49.1 Å². The number of carbonyl (C=O) groups excluding carboxylic acids is 1. The van der Waals surface area contributed by atoms with Crippen molar-refractivity contribution in [1.82, 2.24) is 5.32 Å². The quantitative estimate of drug-likeness (QED) is 0.750. The van der Waals surface area contributed by atoms with Gasteiger partial charge < -0.3 is 5.32 Å². The van der Waals surface area contributed by atoms with Crippen LogP contribution in [-0.2, 0) is 6.42 Å². The molecule has 1 unspecified atom stereocenters. The number of rotatable bonds is 4. The van der Waals surface area contributed by atoms with Crippen LogP contribution in [0.15, 0.2) is 38.6 Å². The Balaban J connectivity index is 1.99. The molecule has 0 radical (unpaired) electrons. The van der Waals surface area contributed by atoms with Crippen LogP contribution in [0.1, 0.15) is 27.7 Å². The molecule has 5 heteroatoms. The fourth-order valence-corrected chi connectivity index (χ4v) is 3.91. The Hall–Kier alpha value is -0.650. The monoisotopic (exact) mass is 415 g/mol. The maximum atomic E-state index is 12.2. The van der Waals surface area contributed by atoms with E-state index < -0.39 is 0 Å². The van der Waals surface area contributed by atoms with Crippen LogP contribution in [0, 0.1) is 6.92 Å². The highest BCUT2D eigenvalue weighted by Crippen LogP contribution is 2.32. The van der Waals surface area contributed by atoms with Crippen molar-refractivity contribution < 1.29 is 4.79 Å². The molecule has 1 atom stereocenters. The third kappa shape index (κ3) is 3.93. The molecule has 0 saturated carbocycles. The van der Waals surface area contributed by atoms with E-state index >= 15 is 0 Å². The van der Waals surface area contributed by atoms with E-state index in [4.69, 9.17) is 0 Å². The number of amides is 1. The SMILES string of the molecule is Cc1ccccc1CC(C)NC(=O)c1cc(Br)c(Br)s1. The van der Waals surface area contributed by atoms with Crippen LogP contribution in [0.25, 0.3) is 0 Å². The highest BCUT2D eigenvalue weighted by Gasteiger charge is 2.14. The lowest BCUT2D eigenvalue weighted by atomic mass is 10.0. The normalized spacial score (nSPS) is 12.2. The van der Waals surface area contributed by atoms with Crippen LogP contribution in [0.4, 0.5) is 0 Å². The van der Waals surface area contributed by atoms with E-state index in [1.807, 2.05) is 25.1 Å². The van der Waals surface area contributed by atoms with Crippen LogP contribution in [0.5, 0.6) is 0 Å². The third-order valence-corrected chi connectivity index (χ3v) is 6.29. The molecule has 0 aliphatic rings. The highest BCUT2D eigenvalue weighted by atomic mass is 79.9. The van der Waals surface area contributed by atoms with Crippen LogP contribution in [0.2, 0.25) is 0 Å². The zero-order valence-electron chi connectivity index (χ0n) is 11.2. The second-order valence-electron chi connectivity index (χ2n) is 4.74. The summed E-state index contributed by atoms with van der Waals surface area (Å²) in [5.74, 6) is -0.0255. The first kappa shape index (κ1) is 15.7. The smallest absolute Gasteiger partial charge is 0.261 e. The maximum Gasteiger partial charge on any atom is 0.261 e. The van der Waals surface area contributed by atoms with E-state index in [2.05, 4.69) is 56.2 Å². The molecule has 20 heavy (non-hydrogen) atoms. The second-order valence-corrected chi connectivity index (χ2v) is 7.96. The van der Waals surface area contributed by atoms with Gasteiger partial charge in [-0.25, -0.2) is 0 Å². The van der Waals surface area contributed by atoms with Gasteiger partial charge in [-0.05, 0) is 69.3 Å². The van der Waals surface area contributed by atoms with Crippen molar-refractivity contribution in [3.05, 3.63) is 54.6 Å². The average Bonchev–Trinajstić information content (AvgIpc) is 2.72. The van der Waals surface area contributed by atoms with Crippen molar-refractivity contribution in [1.29, 1.82) is 0 Å². The maximum absolute atomic E-state index is 12.2. The highest BCUT2D eigenvalue weighted by molar-refractivity contribution is 9.13. The fourth-order valence-electron chi connectivity index (χ4n) is 1.97. The minimum absolute atomic E-state index is 0.0255. The van der Waals surface area contributed by atoms with Crippen LogP contribution < -0.4 is 5.32 Å². The van der Waals surface area contributed by atoms with E-state index in [9.17, 15) is 4.79 Å². The van der Waals surface area contributed by atoms with E-state index in [0.29, 0.717) is 4.88 Å². The molecule has 2 nitrogen and oxygen atoms in total. The van der Waals surface area contributed by atoms with E-state index in [-0.39, 0.29) is 11.9 Å². The van der Waals surface area contributed by atoms with Gasteiger partial charge in [0, 0.05) is 10.5 Å². The molecule has 0 saturated heterocycles. The van der Waals surface area contributed by atoms with Gasteiger partial charge in [-0.2, -0.15) is 0 Å². The number of nitrogens with one attached hydrogen (secondary N) is 1. The van der Waals surface area contributed by atoms with Crippen molar-refractivity contribution in [2.45, 2.75) is 26.3 Å². The van der Waals surface area contributed by atoms with Crippen LogP contribution >= 0.6 is 43.2 Å². The molecular formula is C15H15Br2NOS. The Bertz CT molecular complexity index is 605. The summed E-state index contributed by atoms with van der Waals surface area (Å²) in [5.41, 5.74) is 2.53.